The van der Waals surface area contributed by atoms with E-state index in [1.165, 1.54) is 34.4 Å². The maximum absolute atomic E-state index is 12.4. The lowest BCUT2D eigenvalue weighted by atomic mass is 10.2. The highest BCUT2D eigenvalue weighted by molar-refractivity contribution is 7.99. The van der Waals surface area contributed by atoms with Gasteiger partial charge in [-0.25, -0.2) is 9.97 Å². The van der Waals surface area contributed by atoms with Gasteiger partial charge in [-0.2, -0.15) is 0 Å². The maximum Gasteiger partial charge on any atom is 0.319 e. The van der Waals surface area contributed by atoms with Crippen LogP contribution in [0, 0.1) is 13.8 Å². The SMILES string of the molecule is Cc1sc2nc(CS[C@H](C)C(=O)OCc3csc(-c4ccccc4)n3)[nH]c(=O)c2c1C. The molecule has 0 saturated carbocycles. The first kappa shape index (κ1) is 21.7. The predicted octanol–water partition coefficient (Wildman–Crippen LogP) is 5.09. The Labute approximate surface area is 191 Å². The van der Waals surface area contributed by atoms with Crippen molar-refractivity contribution in [3.63, 3.8) is 0 Å². The molecule has 0 aliphatic carbocycles. The second-order valence-electron chi connectivity index (χ2n) is 7.05. The van der Waals surface area contributed by atoms with E-state index in [1.807, 2.05) is 49.6 Å². The number of hydrogen-bond donors (Lipinski definition) is 1. The highest BCUT2D eigenvalue weighted by Crippen LogP contribution is 2.27. The topological polar surface area (TPSA) is 84.9 Å². The number of aromatic amines is 1. The number of H-pyrrole nitrogens is 1. The van der Waals surface area contributed by atoms with Crippen LogP contribution >= 0.6 is 34.4 Å². The minimum Gasteiger partial charge on any atom is -0.458 e. The second-order valence-corrected chi connectivity index (χ2v) is 10.4. The zero-order valence-electron chi connectivity index (χ0n) is 17.3. The third-order valence-electron chi connectivity index (χ3n) is 4.82. The summed E-state index contributed by atoms with van der Waals surface area (Å²) in [5.74, 6) is 0.674. The lowest BCUT2D eigenvalue weighted by Gasteiger charge is -2.10. The summed E-state index contributed by atoms with van der Waals surface area (Å²) in [6.07, 6.45) is 0. The number of fused-ring (bicyclic) bond motifs is 1. The van der Waals surface area contributed by atoms with E-state index in [4.69, 9.17) is 4.74 Å². The highest BCUT2D eigenvalue weighted by Gasteiger charge is 2.18. The summed E-state index contributed by atoms with van der Waals surface area (Å²) in [5.41, 5.74) is 2.62. The van der Waals surface area contributed by atoms with Crippen LogP contribution in [-0.4, -0.2) is 26.2 Å². The molecule has 0 fully saturated rings. The molecule has 1 N–H and O–H groups in total. The normalized spacial score (nSPS) is 12.2. The molecular formula is C22H21N3O3S3. The van der Waals surface area contributed by atoms with Gasteiger partial charge < -0.3 is 9.72 Å². The molecule has 0 aliphatic heterocycles. The zero-order valence-corrected chi connectivity index (χ0v) is 19.7. The monoisotopic (exact) mass is 471 g/mol. The lowest BCUT2D eigenvalue weighted by molar-refractivity contribution is -0.144. The molecule has 1 atom stereocenters. The summed E-state index contributed by atoms with van der Waals surface area (Å²) in [6, 6.07) is 9.90. The number of rotatable bonds is 7. The van der Waals surface area contributed by atoms with Crippen molar-refractivity contribution in [2.75, 3.05) is 0 Å². The average molecular weight is 472 g/mol. The first-order valence-electron chi connectivity index (χ1n) is 9.69. The van der Waals surface area contributed by atoms with Crippen molar-refractivity contribution >= 4 is 50.6 Å². The summed E-state index contributed by atoms with van der Waals surface area (Å²) in [7, 11) is 0. The number of thioether (sulfide) groups is 1. The van der Waals surface area contributed by atoms with Crippen LogP contribution in [0.5, 0.6) is 0 Å². The Morgan fingerprint density at radius 2 is 2.00 bits per heavy atom. The number of benzene rings is 1. The van der Waals surface area contributed by atoms with E-state index in [1.54, 1.807) is 6.92 Å². The molecule has 0 unspecified atom stereocenters. The molecule has 6 nitrogen and oxygen atoms in total. The van der Waals surface area contributed by atoms with Crippen molar-refractivity contribution in [2.45, 2.75) is 38.4 Å². The molecule has 1 aromatic carbocycles. The van der Waals surface area contributed by atoms with Crippen LogP contribution in [0.3, 0.4) is 0 Å². The third kappa shape index (κ3) is 4.89. The van der Waals surface area contributed by atoms with Gasteiger partial charge in [-0.3, -0.25) is 9.59 Å². The van der Waals surface area contributed by atoms with E-state index in [9.17, 15) is 9.59 Å². The molecule has 0 radical (unpaired) electrons. The summed E-state index contributed by atoms with van der Waals surface area (Å²) >= 11 is 4.42. The quantitative estimate of drug-likeness (QED) is 0.378. The van der Waals surface area contributed by atoms with Crippen LogP contribution in [0.4, 0.5) is 0 Å². The summed E-state index contributed by atoms with van der Waals surface area (Å²) in [6.45, 7) is 5.85. The third-order valence-corrected chi connectivity index (χ3v) is 8.00. The number of nitrogens with one attached hydrogen (secondary N) is 1. The van der Waals surface area contributed by atoms with Gasteiger partial charge in [-0.15, -0.1) is 34.4 Å². The number of aromatic nitrogens is 3. The Bertz CT molecular complexity index is 1280. The largest absolute Gasteiger partial charge is 0.458 e. The number of thiazole rings is 1. The highest BCUT2D eigenvalue weighted by atomic mass is 32.2. The number of ether oxygens (including phenoxy) is 1. The van der Waals surface area contributed by atoms with Gasteiger partial charge in [0.05, 0.1) is 16.8 Å². The summed E-state index contributed by atoms with van der Waals surface area (Å²) < 4.78 is 5.43. The molecule has 3 aromatic heterocycles. The molecule has 0 saturated heterocycles. The Balaban J connectivity index is 1.33. The minimum atomic E-state index is -0.389. The number of carbonyl (C=O) groups is 1. The van der Waals surface area contributed by atoms with Crippen LogP contribution in [0.1, 0.15) is 28.9 Å². The molecule has 160 valence electrons. The van der Waals surface area contributed by atoms with Crippen LogP contribution in [0.25, 0.3) is 20.8 Å². The van der Waals surface area contributed by atoms with Gasteiger partial charge in [0.15, 0.2) is 0 Å². The Kier molecular flexibility index (Phi) is 6.54. The van der Waals surface area contributed by atoms with Crippen LogP contribution < -0.4 is 5.56 Å². The van der Waals surface area contributed by atoms with Crippen molar-refractivity contribution in [1.82, 2.24) is 15.0 Å². The van der Waals surface area contributed by atoms with Gasteiger partial charge >= 0.3 is 5.97 Å². The molecular weight excluding hydrogens is 450 g/mol. The van der Waals surface area contributed by atoms with Gasteiger partial charge in [0.1, 0.15) is 27.5 Å². The first-order chi connectivity index (χ1) is 14.9. The van der Waals surface area contributed by atoms with Crippen molar-refractivity contribution in [3.8, 4) is 10.6 Å². The molecule has 4 rings (SSSR count). The summed E-state index contributed by atoms with van der Waals surface area (Å²) in [5, 5.41) is 3.07. The summed E-state index contributed by atoms with van der Waals surface area (Å²) in [4.78, 5) is 38.5. The molecule has 0 aliphatic rings. The predicted molar refractivity (Wildman–Crippen MR) is 128 cm³/mol. The average Bonchev–Trinajstić information content (AvgIpc) is 3.35. The molecule has 31 heavy (non-hydrogen) atoms. The number of esters is 1. The van der Waals surface area contributed by atoms with E-state index < -0.39 is 0 Å². The first-order valence-corrected chi connectivity index (χ1v) is 12.4. The van der Waals surface area contributed by atoms with Crippen LogP contribution in [0.2, 0.25) is 0 Å². The van der Waals surface area contributed by atoms with Crippen LogP contribution in [0.15, 0.2) is 40.5 Å². The van der Waals surface area contributed by atoms with Crippen molar-refractivity contribution in [1.29, 1.82) is 0 Å². The number of hydrogen-bond acceptors (Lipinski definition) is 8. The fourth-order valence-electron chi connectivity index (χ4n) is 2.99. The maximum atomic E-state index is 12.4. The van der Waals surface area contributed by atoms with E-state index in [0.29, 0.717) is 17.0 Å². The number of thiophene rings is 1. The Morgan fingerprint density at radius 1 is 1.23 bits per heavy atom. The van der Waals surface area contributed by atoms with Gasteiger partial charge in [0.25, 0.3) is 5.56 Å². The molecule has 9 heteroatoms. The van der Waals surface area contributed by atoms with Gasteiger partial charge in [0.2, 0.25) is 0 Å². The zero-order chi connectivity index (χ0) is 22.0. The van der Waals surface area contributed by atoms with Crippen molar-refractivity contribution < 1.29 is 9.53 Å². The molecule has 3 heterocycles. The fraction of sp³-hybridized carbons (Fsp3) is 0.273. The smallest absolute Gasteiger partial charge is 0.319 e. The van der Waals surface area contributed by atoms with Gasteiger partial charge in [-0.1, -0.05) is 30.3 Å². The number of nitrogens with zero attached hydrogens (tertiary/aromatic N) is 2. The number of aryl methyl sites for hydroxylation is 2. The molecule has 4 aromatic rings. The molecule has 0 bridgehead atoms. The second kappa shape index (κ2) is 9.33. The fourth-order valence-corrected chi connectivity index (χ4v) is 5.60. The molecule has 0 spiro atoms. The molecule has 0 amide bonds. The standard InChI is InChI=1S/C22H21N3O3S3/c1-12-13(2)31-21-18(12)19(26)24-17(25-21)11-29-14(3)22(27)28-9-16-10-30-20(23-16)15-7-5-4-6-8-15/h4-8,10,14H,9,11H2,1-3H3,(H,24,25,26)/t14-/m1/s1. The van der Waals surface area contributed by atoms with Gasteiger partial charge in [-0.05, 0) is 26.3 Å². The minimum absolute atomic E-state index is 0.129. The van der Waals surface area contributed by atoms with E-state index in [0.717, 1.165) is 31.5 Å². The van der Waals surface area contributed by atoms with Crippen LogP contribution in [-0.2, 0) is 21.9 Å². The number of carbonyl (C=O) groups excluding carboxylic acids is 1. The van der Waals surface area contributed by atoms with Crippen molar-refractivity contribution in [2.24, 2.45) is 0 Å². The van der Waals surface area contributed by atoms with Gasteiger partial charge in [0, 0.05) is 15.8 Å². The van der Waals surface area contributed by atoms with E-state index in [2.05, 4.69) is 15.0 Å². The van der Waals surface area contributed by atoms with E-state index >= 15 is 0 Å². The Hall–Kier alpha value is -2.49. The Morgan fingerprint density at radius 3 is 2.77 bits per heavy atom. The lowest BCUT2D eigenvalue weighted by Crippen LogP contribution is -2.18. The van der Waals surface area contributed by atoms with E-state index in [-0.39, 0.29) is 23.4 Å². The van der Waals surface area contributed by atoms with Crippen molar-refractivity contribution in [3.05, 3.63) is 68.0 Å².